The highest BCUT2D eigenvalue weighted by atomic mass is 16.6. The third-order valence-corrected chi connectivity index (χ3v) is 7.21. The second-order valence-electron chi connectivity index (χ2n) is 11.6. The minimum atomic E-state index is -0.925. The Kier molecular flexibility index (Phi) is 9.47. The standard InChI is InChI=1S/C32H41N5O4/c1-22-12-9-10-17-27(22)29(30(39)34-24-13-7-6-8-14-24)37(28(38)21-36-19-18-33-23(36)2)26-16-11-15-25(20-26)35-31(40)41-32(3,4)5/h9-12,15-20,24,29H,6-8,13-14,21H2,1-5H3,(H,34,39)(H,35,40). The number of nitrogens with zero attached hydrogens (tertiary/aromatic N) is 3. The molecule has 2 aromatic carbocycles. The van der Waals surface area contributed by atoms with Gasteiger partial charge in [0.15, 0.2) is 0 Å². The summed E-state index contributed by atoms with van der Waals surface area (Å²) >= 11 is 0. The number of nitrogens with one attached hydrogen (secondary N) is 2. The monoisotopic (exact) mass is 559 g/mol. The van der Waals surface area contributed by atoms with Gasteiger partial charge in [0.2, 0.25) is 11.8 Å². The number of anilines is 2. The smallest absolute Gasteiger partial charge is 0.412 e. The van der Waals surface area contributed by atoms with Crippen molar-refractivity contribution in [3.8, 4) is 0 Å². The van der Waals surface area contributed by atoms with Gasteiger partial charge in [0.1, 0.15) is 24.0 Å². The van der Waals surface area contributed by atoms with Crippen molar-refractivity contribution >= 4 is 29.3 Å². The van der Waals surface area contributed by atoms with E-state index in [9.17, 15) is 14.4 Å². The van der Waals surface area contributed by atoms with Gasteiger partial charge in [-0.05, 0) is 76.8 Å². The van der Waals surface area contributed by atoms with Crippen molar-refractivity contribution < 1.29 is 19.1 Å². The zero-order valence-corrected chi connectivity index (χ0v) is 24.6. The molecule has 1 aliphatic carbocycles. The van der Waals surface area contributed by atoms with E-state index in [2.05, 4.69) is 15.6 Å². The van der Waals surface area contributed by atoms with Crippen molar-refractivity contribution in [2.75, 3.05) is 10.2 Å². The van der Waals surface area contributed by atoms with Gasteiger partial charge in [-0.1, -0.05) is 49.6 Å². The molecule has 0 spiro atoms. The number of rotatable bonds is 8. The fourth-order valence-corrected chi connectivity index (χ4v) is 5.20. The van der Waals surface area contributed by atoms with Crippen LogP contribution in [-0.4, -0.2) is 39.1 Å². The van der Waals surface area contributed by atoms with Gasteiger partial charge in [-0.25, -0.2) is 9.78 Å². The Hall–Kier alpha value is -4.14. The Labute approximate surface area is 242 Å². The molecule has 3 amide bonds. The second-order valence-corrected chi connectivity index (χ2v) is 11.6. The molecule has 1 unspecified atom stereocenters. The van der Waals surface area contributed by atoms with Crippen LogP contribution >= 0.6 is 0 Å². The highest BCUT2D eigenvalue weighted by molar-refractivity contribution is 6.02. The van der Waals surface area contributed by atoms with Gasteiger partial charge in [-0.15, -0.1) is 0 Å². The summed E-state index contributed by atoms with van der Waals surface area (Å²) in [5.74, 6) is 0.178. The van der Waals surface area contributed by atoms with Crippen LogP contribution in [0.4, 0.5) is 16.2 Å². The minimum absolute atomic E-state index is 0.00531. The Bertz CT molecular complexity index is 1370. The zero-order valence-electron chi connectivity index (χ0n) is 24.6. The summed E-state index contributed by atoms with van der Waals surface area (Å²) < 4.78 is 7.18. The van der Waals surface area contributed by atoms with Crippen molar-refractivity contribution in [3.63, 3.8) is 0 Å². The fourth-order valence-electron chi connectivity index (χ4n) is 5.20. The van der Waals surface area contributed by atoms with Crippen LogP contribution in [0.3, 0.4) is 0 Å². The number of carbonyl (C=O) groups is 3. The first-order chi connectivity index (χ1) is 19.5. The van der Waals surface area contributed by atoms with E-state index in [-0.39, 0.29) is 24.4 Å². The molecule has 2 N–H and O–H groups in total. The average molecular weight is 560 g/mol. The van der Waals surface area contributed by atoms with Crippen LogP contribution in [0.25, 0.3) is 0 Å². The molecule has 9 heteroatoms. The number of benzene rings is 2. The summed E-state index contributed by atoms with van der Waals surface area (Å²) in [6, 6.07) is 13.7. The Morgan fingerprint density at radius 2 is 1.78 bits per heavy atom. The molecule has 41 heavy (non-hydrogen) atoms. The van der Waals surface area contributed by atoms with Crippen LogP contribution in [0.15, 0.2) is 60.9 Å². The molecule has 1 aromatic heterocycles. The summed E-state index contributed by atoms with van der Waals surface area (Å²) in [4.78, 5) is 46.7. The third-order valence-electron chi connectivity index (χ3n) is 7.21. The zero-order chi connectivity index (χ0) is 29.6. The van der Waals surface area contributed by atoms with Crippen molar-refractivity contribution in [2.24, 2.45) is 0 Å². The molecule has 218 valence electrons. The molecule has 1 saturated carbocycles. The molecular formula is C32H41N5O4. The number of aryl methyl sites for hydroxylation is 2. The maximum Gasteiger partial charge on any atom is 0.412 e. The van der Waals surface area contributed by atoms with Crippen molar-refractivity contribution in [1.29, 1.82) is 0 Å². The van der Waals surface area contributed by atoms with Gasteiger partial charge in [0.05, 0.1) is 0 Å². The van der Waals surface area contributed by atoms with E-state index in [4.69, 9.17) is 4.74 Å². The quantitative estimate of drug-likeness (QED) is 0.349. The van der Waals surface area contributed by atoms with Crippen LogP contribution in [0.1, 0.15) is 75.9 Å². The van der Waals surface area contributed by atoms with E-state index in [0.717, 1.165) is 36.8 Å². The average Bonchev–Trinajstić information content (AvgIpc) is 3.31. The number of hydrogen-bond donors (Lipinski definition) is 2. The molecule has 1 aliphatic rings. The first-order valence-electron chi connectivity index (χ1n) is 14.3. The van der Waals surface area contributed by atoms with Crippen LogP contribution in [0, 0.1) is 13.8 Å². The molecule has 1 heterocycles. The van der Waals surface area contributed by atoms with Gasteiger partial charge >= 0.3 is 6.09 Å². The predicted octanol–water partition coefficient (Wildman–Crippen LogP) is 6.07. The number of carbonyl (C=O) groups excluding carboxylic acids is 3. The molecule has 0 aliphatic heterocycles. The first-order valence-corrected chi connectivity index (χ1v) is 14.3. The van der Waals surface area contributed by atoms with E-state index in [1.807, 2.05) is 38.1 Å². The van der Waals surface area contributed by atoms with Gasteiger partial charge in [0.25, 0.3) is 0 Å². The lowest BCUT2D eigenvalue weighted by atomic mass is 9.93. The van der Waals surface area contributed by atoms with Crippen molar-refractivity contribution in [2.45, 2.75) is 91.0 Å². The topological polar surface area (TPSA) is 106 Å². The van der Waals surface area contributed by atoms with Gasteiger partial charge in [-0.3, -0.25) is 19.8 Å². The van der Waals surface area contributed by atoms with Gasteiger partial charge in [-0.2, -0.15) is 0 Å². The minimum Gasteiger partial charge on any atom is -0.444 e. The summed E-state index contributed by atoms with van der Waals surface area (Å²) in [6.45, 7) is 9.14. The lowest BCUT2D eigenvalue weighted by Gasteiger charge is -2.34. The van der Waals surface area contributed by atoms with Crippen LogP contribution in [0.5, 0.6) is 0 Å². The highest BCUT2D eigenvalue weighted by Gasteiger charge is 2.35. The Morgan fingerprint density at radius 1 is 1.05 bits per heavy atom. The van der Waals surface area contributed by atoms with E-state index >= 15 is 0 Å². The molecule has 1 fully saturated rings. The third kappa shape index (κ3) is 7.96. The lowest BCUT2D eigenvalue weighted by molar-refractivity contribution is -0.127. The van der Waals surface area contributed by atoms with Crippen molar-refractivity contribution in [1.82, 2.24) is 14.9 Å². The largest absolute Gasteiger partial charge is 0.444 e. The number of aromatic nitrogens is 2. The van der Waals surface area contributed by atoms with Crippen LogP contribution < -0.4 is 15.5 Å². The van der Waals surface area contributed by atoms with E-state index in [1.54, 1.807) is 66.9 Å². The summed E-state index contributed by atoms with van der Waals surface area (Å²) in [6.07, 6.45) is 7.94. The predicted molar refractivity (Wildman–Crippen MR) is 160 cm³/mol. The number of hydrogen-bond acceptors (Lipinski definition) is 5. The maximum absolute atomic E-state index is 14.2. The molecule has 4 rings (SSSR count). The van der Waals surface area contributed by atoms with E-state index < -0.39 is 17.7 Å². The molecule has 0 saturated heterocycles. The lowest BCUT2D eigenvalue weighted by Crippen LogP contribution is -2.48. The maximum atomic E-state index is 14.2. The molecule has 9 nitrogen and oxygen atoms in total. The normalized spacial score (nSPS) is 14.7. The summed E-state index contributed by atoms with van der Waals surface area (Å²) in [7, 11) is 0. The van der Waals surface area contributed by atoms with Gasteiger partial charge < -0.3 is 14.6 Å². The van der Waals surface area contributed by atoms with Crippen LogP contribution in [0.2, 0.25) is 0 Å². The van der Waals surface area contributed by atoms with E-state index in [0.29, 0.717) is 17.2 Å². The van der Waals surface area contributed by atoms with Gasteiger partial charge in [0, 0.05) is 29.8 Å². The second kappa shape index (κ2) is 13.0. The Morgan fingerprint density at radius 3 is 2.44 bits per heavy atom. The molecular weight excluding hydrogens is 518 g/mol. The molecule has 0 radical (unpaired) electrons. The number of imidazole rings is 1. The SMILES string of the molecule is Cc1ccccc1C(C(=O)NC1CCCCC1)N(C(=O)Cn1ccnc1C)c1cccc(NC(=O)OC(C)(C)C)c1. The molecule has 1 atom stereocenters. The molecule has 3 aromatic rings. The number of amides is 3. The fraction of sp³-hybridized carbons (Fsp3) is 0.438. The first kappa shape index (κ1) is 29.8. The van der Waals surface area contributed by atoms with E-state index in [1.165, 1.54) is 6.42 Å². The van der Waals surface area contributed by atoms with Crippen LogP contribution in [-0.2, 0) is 20.9 Å². The highest BCUT2D eigenvalue weighted by Crippen LogP contribution is 2.33. The summed E-state index contributed by atoms with van der Waals surface area (Å²) in [5, 5.41) is 6.01. The number of ether oxygens (including phenoxy) is 1. The molecule has 0 bridgehead atoms. The Balaban J connectivity index is 1.77. The summed E-state index contributed by atoms with van der Waals surface area (Å²) in [5.41, 5.74) is 1.90. The van der Waals surface area contributed by atoms with Crippen molar-refractivity contribution in [3.05, 3.63) is 77.9 Å².